The van der Waals surface area contributed by atoms with Crippen molar-refractivity contribution in [2.75, 3.05) is 5.88 Å². The lowest BCUT2D eigenvalue weighted by molar-refractivity contribution is 1.07. The van der Waals surface area contributed by atoms with Gasteiger partial charge in [-0.3, -0.25) is 9.97 Å². The van der Waals surface area contributed by atoms with Gasteiger partial charge in [0.05, 0.1) is 10.5 Å². The van der Waals surface area contributed by atoms with Gasteiger partial charge in [-0.25, -0.2) is 0 Å². The van der Waals surface area contributed by atoms with Crippen LogP contribution in [-0.4, -0.2) is 15.8 Å². The Bertz CT molecular complexity index is 910. The first-order valence-electron chi connectivity index (χ1n) is 8.02. The number of halogens is 2. The van der Waals surface area contributed by atoms with Gasteiger partial charge in [-0.1, -0.05) is 29.3 Å². The molecule has 0 aliphatic carbocycles. The predicted molar refractivity (Wildman–Crippen MR) is 103 cm³/mol. The fourth-order valence-electron chi connectivity index (χ4n) is 3.46. The molecule has 0 fully saturated rings. The molecule has 0 spiro atoms. The number of fused-ring (bicyclic) bond motifs is 1. The zero-order valence-corrected chi connectivity index (χ0v) is 15.9. The van der Waals surface area contributed by atoms with Crippen molar-refractivity contribution in [3.8, 4) is 11.1 Å². The van der Waals surface area contributed by atoms with E-state index in [1.807, 2.05) is 19.2 Å². The smallest absolute Gasteiger partial charge is 0.108 e. The summed E-state index contributed by atoms with van der Waals surface area (Å²) in [5.41, 5.74) is 9.54. The summed E-state index contributed by atoms with van der Waals surface area (Å²) in [4.78, 5) is 9.32. The van der Waals surface area contributed by atoms with Crippen LogP contribution in [0.4, 0.5) is 0 Å². The van der Waals surface area contributed by atoms with E-state index in [1.165, 1.54) is 22.3 Å². The average molecular weight is 359 g/mol. The standard InChI is InChI=1S/C20H20Cl2N2/c1-11-9-12(2)17(13(3)10-11)16-6-8-23-20-18(22)15(5-7-21)14(4)24-19(16)20/h6,8-10H,5,7H2,1-4H3. The Morgan fingerprint density at radius 3 is 2.29 bits per heavy atom. The van der Waals surface area contributed by atoms with E-state index in [4.69, 9.17) is 28.2 Å². The molecule has 0 radical (unpaired) electrons. The molecule has 0 aliphatic heterocycles. The monoisotopic (exact) mass is 358 g/mol. The van der Waals surface area contributed by atoms with E-state index >= 15 is 0 Å². The quantitative estimate of drug-likeness (QED) is 0.539. The fourth-order valence-corrected chi connectivity index (χ4v) is 4.01. The van der Waals surface area contributed by atoms with E-state index in [0.29, 0.717) is 17.3 Å². The third-order valence-electron chi connectivity index (χ3n) is 4.40. The SMILES string of the molecule is Cc1cc(C)c(-c2ccnc3c(Cl)c(CCCl)c(C)nc23)c(C)c1. The minimum absolute atomic E-state index is 0.517. The number of pyridine rings is 2. The van der Waals surface area contributed by atoms with Gasteiger partial charge in [0, 0.05) is 23.3 Å². The number of aryl methyl sites for hydroxylation is 4. The molecule has 0 saturated carbocycles. The molecule has 124 valence electrons. The Kier molecular flexibility index (Phi) is 4.80. The molecule has 2 aromatic heterocycles. The van der Waals surface area contributed by atoms with E-state index in [0.717, 1.165) is 27.9 Å². The summed E-state index contributed by atoms with van der Waals surface area (Å²) >= 11 is 12.5. The number of aromatic nitrogens is 2. The minimum Gasteiger partial charge on any atom is -0.253 e. The molecular formula is C20H20Cl2N2. The second-order valence-electron chi connectivity index (χ2n) is 6.26. The maximum Gasteiger partial charge on any atom is 0.108 e. The molecule has 24 heavy (non-hydrogen) atoms. The molecular weight excluding hydrogens is 339 g/mol. The number of alkyl halides is 1. The summed E-state index contributed by atoms with van der Waals surface area (Å²) in [5.74, 6) is 0.517. The van der Waals surface area contributed by atoms with E-state index in [1.54, 1.807) is 0 Å². The van der Waals surface area contributed by atoms with Crippen LogP contribution in [0, 0.1) is 27.7 Å². The van der Waals surface area contributed by atoms with Crippen LogP contribution in [0.5, 0.6) is 0 Å². The second-order valence-corrected chi connectivity index (χ2v) is 7.01. The van der Waals surface area contributed by atoms with Crippen molar-refractivity contribution in [2.45, 2.75) is 34.1 Å². The zero-order valence-electron chi connectivity index (χ0n) is 14.4. The summed E-state index contributed by atoms with van der Waals surface area (Å²) in [6.45, 7) is 8.38. The molecule has 0 amide bonds. The van der Waals surface area contributed by atoms with Gasteiger partial charge in [0.15, 0.2) is 0 Å². The lowest BCUT2D eigenvalue weighted by Crippen LogP contribution is -2.00. The Morgan fingerprint density at radius 2 is 1.67 bits per heavy atom. The Balaban J connectivity index is 2.36. The third-order valence-corrected chi connectivity index (χ3v) is 5.00. The molecule has 3 aromatic rings. The molecule has 0 aliphatic rings. The van der Waals surface area contributed by atoms with Gasteiger partial charge in [-0.2, -0.15) is 0 Å². The second kappa shape index (κ2) is 6.70. The summed E-state index contributed by atoms with van der Waals surface area (Å²) in [5, 5.41) is 0.669. The van der Waals surface area contributed by atoms with Gasteiger partial charge in [0.1, 0.15) is 5.52 Å². The van der Waals surface area contributed by atoms with Crippen molar-refractivity contribution in [1.29, 1.82) is 0 Å². The van der Waals surface area contributed by atoms with Crippen molar-refractivity contribution in [3.63, 3.8) is 0 Å². The molecule has 3 rings (SSSR count). The predicted octanol–water partition coefficient (Wildman–Crippen LogP) is 5.97. The van der Waals surface area contributed by atoms with Gasteiger partial charge >= 0.3 is 0 Å². The van der Waals surface area contributed by atoms with Crippen LogP contribution >= 0.6 is 23.2 Å². The Morgan fingerprint density at radius 1 is 1.00 bits per heavy atom. The number of rotatable bonds is 3. The number of hydrogen-bond acceptors (Lipinski definition) is 2. The average Bonchev–Trinajstić information content (AvgIpc) is 2.51. The number of nitrogens with zero attached hydrogens (tertiary/aromatic N) is 2. The largest absolute Gasteiger partial charge is 0.253 e. The first kappa shape index (κ1) is 17.2. The number of benzene rings is 1. The summed E-state index contributed by atoms with van der Waals surface area (Å²) in [6.07, 6.45) is 2.51. The molecule has 2 nitrogen and oxygen atoms in total. The third kappa shape index (κ3) is 2.89. The van der Waals surface area contributed by atoms with E-state index in [-0.39, 0.29) is 0 Å². The molecule has 0 bridgehead atoms. The van der Waals surface area contributed by atoms with Crippen LogP contribution in [0.15, 0.2) is 24.4 Å². The first-order valence-corrected chi connectivity index (χ1v) is 8.93. The van der Waals surface area contributed by atoms with Gasteiger partial charge in [0.25, 0.3) is 0 Å². The molecule has 0 unspecified atom stereocenters. The Hall–Kier alpha value is -1.64. The molecule has 0 saturated heterocycles. The van der Waals surface area contributed by atoms with Crippen LogP contribution in [-0.2, 0) is 6.42 Å². The lowest BCUT2D eigenvalue weighted by Gasteiger charge is -2.15. The molecule has 0 atom stereocenters. The Labute approximate surface area is 152 Å². The summed E-state index contributed by atoms with van der Waals surface area (Å²) < 4.78 is 0. The van der Waals surface area contributed by atoms with Gasteiger partial charge in [0.2, 0.25) is 0 Å². The van der Waals surface area contributed by atoms with Crippen molar-refractivity contribution >= 4 is 34.2 Å². The van der Waals surface area contributed by atoms with Crippen LogP contribution in [0.2, 0.25) is 5.02 Å². The maximum absolute atomic E-state index is 6.63. The van der Waals surface area contributed by atoms with Crippen LogP contribution in [0.25, 0.3) is 22.2 Å². The van der Waals surface area contributed by atoms with Crippen LogP contribution in [0.3, 0.4) is 0 Å². The van der Waals surface area contributed by atoms with Crippen molar-refractivity contribution in [2.24, 2.45) is 0 Å². The minimum atomic E-state index is 0.517. The summed E-state index contributed by atoms with van der Waals surface area (Å²) in [7, 11) is 0. The van der Waals surface area contributed by atoms with Crippen LogP contribution in [0.1, 0.15) is 27.9 Å². The highest BCUT2D eigenvalue weighted by Crippen LogP contribution is 2.36. The topological polar surface area (TPSA) is 25.8 Å². The normalized spacial score (nSPS) is 11.2. The molecule has 1 aromatic carbocycles. The van der Waals surface area contributed by atoms with E-state index < -0.39 is 0 Å². The zero-order chi connectivity index (χ0) is 17.4. The molecule has 2 heterocycles. The van der Waals surface area contributed by atoms with E-state index in [9.17, 15) is 0 Å². The summed E-state index contributed by atoms with van der Waals surface area (Å²) in [6, 6.07) is 6.42. The number of hydrogen-bond donors (Lipinski definition) is 0. The highest BCUT2D eigenvalue weighted by molar-refractivity contribution is 6.36. The molecule has 0 N–H and O–H groups in total. The van der Waals surface area contributed by atoms with Crippen LogP contribution < -0.4 is 0 Å². The van der Waals surface area contributed by atoms with Gasteiger partial charge in [-0.05, 0) is 62.4 Å². The first-order chi connectivity index (χ1) is 11.4. The van der Waals surface area contributed by atoms with Crippen molar-refractivity contribution in [1.82, 2.24) is 9.97 Å². The maximum atomic E-state index is 6.63. The highest BCUT2D eigenvalue weighted by Gasteiger charge is 2.17. The molecule has 4 heteroatoms. The fraction of sp³-hybridized carbons (Fsp3) is 0.300. The van der Waals surface area contributed by atoms with Gasteiger partial charge in [-0.15, -0.1) is 11.6 Å². The van der Waals surface area contributed by atoms with E-state index in [2.05, 4.69) is 37.9 Å². The lowest BCUT2D eigenvalue weighted by atomic mass is 9.93. The highest BCUT2D eigenvalue weighted by atomic mass is 35.5. The van der Waals surface area contributed by atoms with Crippen molar-refractivity contribution < 1.29 is 0 Å². The van der Waals surface area contributed by atoms with Gasteiger partial charge < -0.3 is 0 Å². The van der Waals surface area contributed by atoms with Crippen molar-refractivity contribution in [3.05, 3.63) is 57.4 Å².